The Morgan fingerprint density at radius 3 is 1.46 bits per heavy atom. The Kier molecular flexibility index (Phi) is 5.84. The number of hydrogen-bond donors (Lipinski definition) is 0. The van der Waals surface area contributed by atoms with Gasteiger partial charge in [-0.2, -0.15) is 0 Å². The molecule has 0 aliphatic heterocycles. The summed E-state index contributed by atoms with van der Waals surface area (Å²) in [6.45, 7) is 0. The van der Waals surface area contributed by atoms with Crippen molar-refractivity contribution in [2.24, 2.45) is 0 Å². The summed E-state index contributed by atoms with van der Waals surface area (Å²) < 4.78 is 4.71. The summed E-state index contributed by atoms with van der Waals surface area (Å²) in [5.41, 5.74) is 11.8. The largest absolute Gasteiger partial charge is 0.309 e. The van der Waals surface area contributed by atoms with Crippen LogP contribution in [0, 0.1) is 0 Å². The Morgan fingerprint density at radius 1 is 0.333 bits per heavy atom. The number of fused-ring (bicyclic) bond motifs is 8. The van der Waals surface area contributed by atoms with E-state index in [0.29, 0.717) is 0 Å². The summed E-state index contributed by atoms with van der Waals surface area (Å²) in [5, 5.41) is 4.86. The van der Waals surface area contributed by atoms with Crippen LogP contribution in [0.3, 0.4) is 0 Å². The van der Waals surface area contributed by atoms with Gasteiger partial charge in [-0.3, -0.25) is 4.57 Å². The van der Waals surface area contributed by atoms with Gasteiger partial charge in [-0.15, -0.1) is 0 Å². The van der Waals surface area contributed by atoms with Gasteiger partial charge in [0.1, 0.15) is 5.69 Å². The van der Waals surface area contributed by atoms with Gasteiger partial charge >= 0.3 is 0 Å². The first kappa shape index (κ1) is 26.7. The van der Waals surface area contributed by atoms with Gasteiger partial charge < -0.3 is 4.57 Å². The van der Waals surface area contributed by atoms with Crippen LogP contribution in [-0.2, 0) is 0 Å². The van der Waals surface area contributed by atoms with E-state index in [2.05, 4.69) is 149 Å². The molecule has 3 heterocycles. The Bertz CT molecular complexity index is 2810. The fraction of sp³-hybridized carbons (Fsp3) is 0. The molecule has 0 unspecified atom stereocenters. The molecule has 10 rings (SSSR count). The van der Waals surface area contributed by atoms with Crippen molar-refractivity contribution in [2.75, 3.05) is 0 Å². The molecule has 0 radical (unpaired) electrons. The number of nitrogens with zero attached hydrogens (tertiary/aromatic N) is 4. The minimum atomic E-state index is 0.825. The molecule has 0 saturated heterocycles. The zero-order valence-electron chi connectivity index (χ0n) is 26.0. The molecular formula is C44H28N4. The van der Waals surface area contributed by atoms with Crippen LogP contribution in [-0.4, -0.2) is 19.1 Å². The zero-order chi connectivity index (χ0) is 31.6. The van der Waals surface area contributed by atoms with Crippen LogP contribution in [0.5, 0.6) is 0 Å². The van der Waals surface area contributed by atoms with Gasteiger partial charge in [0.2, 0.25) is 0 Å². The standard InChI is InChI=1S/C44H28N4/c1-3-13-29(14-4-1)30-23-25-32(26-24-30)47-37-21-11-7-17-33(37)41-39(47)27-28-40-42(41)34-18-8-12-22-38(34)48(40)44-43(31-15-5-2-6-16-31)45-35-19-9-10-20-36(35)46-44/h1-28H. The predicted octanol–water partition coefficient (Wildman–Crippen LogP) is 11.2. The highest BCUT2D eigenvalue weighted by Crippen LogP contribution is 2.43. The van der Waals surface area contributed by atoms with Crippen molar-refractivity contribution in [3.05, 3.63) is 170 Å². The lowest BCUT2D eigenvalue weighted by Crippen LogP contribution is -2.03. The highest BCUT2D eigenvalue weighted by molar-refractivity contribution is 6.29. The van der Waals surface area contributed by atoms with Crippen molar-refractivity contribution in [2.45, 2.75) is 0 Å². The van der Waals surface area contributed by atoms with E-state index in [9.17, 15) is 0 Å². The van der Waals surface area contributed by atoms with Crippen LogP contribution in [0.25, 0.3) is 88.5 Å². The molecule has 48 heavy (non-hydrogen) atoms. The minimum absolute atomic E-state index is 0.825. The van der Waals surface area contributed by atoms with Crippen molar-refractivity contribution in [3.8, 4) is 33.9 Å². The molecular weight excluding hydrogens is 585 g/mol. The number of para-hydroxylation sites is 4. The summed E-state index contributed by atoms with van der Waals surface area (Å²) in [7, 11) is 0. The number of benzene rings is 7. The van der Waals surface area contributed by atoms with Gasteiger partial charge in [-0.25, -0.2) is 9.97 Å². The molecule has 0 aliphatic carbocycles. The molecule has 0 N–H and O–H groups in total. The second kappa shape index (κ2) is 10.5. The first-order valence-corrected chi connectivity index (χ1v) is 16.3. The van der Waals surface area contributed by atoms with Crippen LogP contribution in [0.1, 0.15) is 0 Å². The summed E-state index contributed by atoms with van der Waals surface area (Å²) in [4.78, 5) is 10.5. The average Bonchev–Trinajstić information content (AvgIpc) is 3.68. The first-order chi connectivity index (χ1) is 23.8. The monoisotopic (exact) mass is 612 g/mol. The Hall–Kier alpha value is -6.52. The maximum Gasteiger partial charge on any atom is 0.165 e. The first-order valence-electron chi connectivity index (χ1n) is 16.3. The summed E-state index contributed by atoms with van der Waals surface area (Å²) in [5.74, 6) is 0.825. The average molecular weight is 613 g/mol. The molecule has 4 heteroatoms. The molecule has 0 amide bonds. The Labute approximate surface area is 276 Å². The third-order valence-corrected chi connectivity index (χ3v) is 9.52. The molecule has 4 nitrogen and oxygen atoms in total. The van der Waals surface area contributed by atoms with E-state index in [1.807, 2.05) is 30.3 Å². The summed E-state index contributed by atoms with van der Waals surface area (Å²) in [6, 6.07) is 60.0. The van der Waals surface area contributed by atoms with Crippen molar-refractivity contribution < 1.29 is 0 Å². The molecule has 0 saturated carbocycles. The molecule has 7 aromatic carbocycles. The third-order valence-electron chi connectivity index (χ3n) is 9.52. The second-order valence-electron chi connectivity index (χ2n) is 12.2. The molecule has 3 aromatic heterocycles. The molecule has 0 bridgehead atoms. The molecule has 0 spiro atoms. The van der Waals surface area contributed by atoms with Gasteiger partial charge in [0.15, 0.2) is 5.82 Å². The normalized spacial score (nSPS) is 11.8. The van der Waals surface area contributed by atoms with Crippen molar-refractivity contribution in [3.63, 3.8) is 0 Å². The number of aromatic nitrogens is 4. The smallest absolute Gasteiger partial charge is 0.165 e. The lowest BCUT2D eigenvalue weighted by molar-refractivity contribution is 1.08. The van der Waals surface area contributed by atoms with Crippen LogP contribution < -0.4 is 0 Å². The van der Waals surface area contributed by atoms with Crippen LogP contribution >= 0.6 is 0 Å². The minimum Gasteiger partial charge on any atom is -0.309 e. The fourth-order valence-electron chi connectivity index (χ4n) is 7.39. The van der Waals surface area contributed by atoms with E-state index >= 15 is 0 Å². The number of hydrogen-bond acceptors (Lipinski definition) is 2. The van der Waals surface area contributed by atoms with E-state index in [1.165, 1.54) is 43.7 Å². The van der Waals surface area contributed by atoms with Gasteiger partial charge in [0, 0.05) is 32.8 Å². The SMILES string of the molecule is c1ccc(-c2ccc(-n3c4ccccc4c4c5c6ccccc6n(-c6nc7ccccc7nc6-c6ccccc6)c5ccc43)cc2)cc1. The third kappa shape index (κ3) is 3.96. The Balaban J connectivity index is 1.29. The molecule has 224 valence electrons. The molecule has 0 fully saturated rings. The zero-order valence-corrected chi connectivity index (χ0v) is 26.0. The molecule has 0 aliphatic rings. The van der Waals surface area contributed by atoms with Gasteiger partial charge in [0.05, 0.1) is 33.1 Å². The van der Waals surface area contributed by atoms with Gasteiger partial charge in [0.25, 0.3) is 0 Å². The van der Waals surface area contributed by atoms with Crippen molar-refractivity contribution in [1.29, 1.82) is 0 Å². The van der Waals surface area contributed by atoms with E-state index in [1.54, 1.807) is 0 Å². The predicted molar refractivity (Wildman–Crippen MR) is 199 cm³/mol. The lowest BCUT2D eigenvalue weighted by atomic mass is 10.1. The summed E-state index contributed by atoms with van der Waals surface area (Å²) in [6.07, 6.45) is 0. The fourth-order valence-corrected chi connectivity index (χ4v) is 7.39. The van der Waals surface area contributed by atoms with Gasteiger partial charge in [-0.1, -0.05) is 121 Å². The lowest BCUT2D eigenvalue weighted by Gasteiger charge is -2.14. The maximum atomic E-state index is 5.32. The van der Waals surface area contributed by atoms with E-state index < -0.39 is 0 Å². The van der Waals surface area contributed by atoms with Gasteiger partial charge in [-0.05, 0) is 59.7 Å². The van der Waals surface area contributed by atoms with E-state index in [4.69, 9.17) is 9.97 Å². The topological polar surface area (TPSA) is 35.6 Å². The maximum absolute atomic E-state index is 5.32. The number of rotatable bonds is 4. The highest BCUT2D eigenvalue weighted by atomic mass is 15.1. The van der Waals surface area contributed by atoms with E-state index in [0.717, 1.165) is 44.8 Å². The molecule has 0 atom stereocenters. The quantitative estimate of drug-likeness (QED) is 0.198. The highest BCUT2D eigenvalue weighted by Gasteiger charge is 2.23. The van der Waals surface area contributed by atoms with Crippen molar-refractivity contribution in [1.82, 2.24) is 19.1 Å². The van der Waals surface area contributed by atoms with E-state index in [-0.39, 0.29) is 0 Å². The van der Waals surface area contributed by atoms with Crippen molar-refractivity contribution >= 4 is 54.6 Å². The Morgan fingerprint density at radius 2 is 0.812 bits per heavy atom. The van der Waals surface area contributed by atoms with Crippen LogP contribution in [0.2, 0.25) is 0 Å². The van der Waals surface area contributed by atoms with Crippen LogP contribution in [0.15, 0.2) is 170 Å². The van der Waals surface area contributed by atoms with Crippen LogP contribution in [0.4, 0.5) is 0 Å². The summed E-state index contributed by atoms with van der Waals surface area (Å²) >= 11 is 0. The second-order valence-corrected chi connectivity index (χ2v) is 12.2. The molecule has 10 aromatic rings.